The van der Waals surface area contributed by atoms with E-state index in [9.17, 15) is 19.5 Å². The number of carbonyl (C=O) groups excluding carboxylic acids is 1. The van der Waals surface area contributed by atoms with Crippen LogP contribution >= 0.6 is 0 Å². The molecule has 1 aromatic heterocycles. The lowest BCUT2D eigenvalue weighted by Crippen LogP contribution is -2.40. The van der Waals surface area contributed by atoms with E-state index in [-0.39, 0.29) is 22.2 Å². The first-order valence-electron chi connectivity index (χ1n) is 14.1. The van der Waals surface area contributed by atoms with Gasteiger partial charge in [-0.05, 0) is 52.8 Å². The van der Waals surface area contributed by atoms with Crippen molar-refractivity contribution in [3.8, 4) is 11.3 Å². The third-order valence-corrected chi connectivity index (χ3v) is 8.41. The summed E-state index contributed by atoms with van der Waals surface area (Å²) in [6, 6.07) is 14.4. The van der Waals surface area contributed by atoms with Gasteiger partial charge < -0.3 is 24.1 Å². The van der Waals surface area contributed by atoms with Crippen molar-refractivity contribution in [2.45, 2.75) is 46.0 Å². The lowest BCUT2D eigenvalue weighted by atomic mass is 9.79. The van der Waals surface area contributed by atoms with Crippen LogP contribution in [0, 0.1) is 6.92 Å². The lowest BCUT2D eigenvalue weighted by molar-refractivity contribution is -0.136. The van der Waals surface area contributed by atoms with Crippen LogP contribution in [0.1, 0.15) is 50.2 Å². The van der Waals surface area contributed by atoms with Crippen molar-refractivity contribution in [3.63, 3.8) is 0 Å². The molecule has 0 spiro atoms. The minimum absolute atomic E-state index is 0.0617. The Morgan fingerprint density at radius 3 is 2.27 bits per heavy atom. The first-order chi connectivity index (χ1) is 19.7. The SMILES string of the molecule is COC(=O)C1=C(C)N(CCN2CCCCC2)C(C)=C(C(=O)O)C1c1cccc2c(=O)c(C)c(-c3ccccc3)oc12. The van der Waals surface area contributed by atoms with Gasteiger partial charge in [0.15, 0.2) is 5.43 Å². The summed E-state index contributed by atoms with van der Waals surface area (Å²) in [5, 5.41) is 10.9. The maximum absolute atomic E-state index is 13.6. The molecule has 0 aliphatic carbocycles. The number of carbonyl (C=O) groups is 2. The van der Waals surface area contributed by atoms with Crippen molar-refractivity contribution in [2.24, 2.45) is 0 Å². The summed E-state index contributed by atoms with van der Waals surface area (Å²) in [7, 11) is 1.30. The largest absolute Gasteiger partial charge is 0.478 e. The Labute approximate surface area is 239 Å². The van der Waals surface area contributed by atoms with Gasteiger partial charge in [0.05, 0.1) is 29.6 Å². The first-order valence-corrected chi connectivity index (χ1v) is 14.1. The second-order valence-corrected chi connectivity index (χ2v) is 10.8. The highest BCUT2D eigenvalue weighted by molar-refractivity contribution is 6.00. The number of ether oxygens (including phenoxy) is 1. The lowest BCUT2D eigenvalue weighted by Gasteiger charge is -2.39. The zero-order valence-corrected chi connectivity index (χ0v) is 24.0. The number of rotatable bonds is 7. The van der Waals surface area contributed by atoms with E-state index in [0.717, 1.165) is 38.0 Å². The number of benzene rings is 2. The van der Waals surface area contributed by atoms with E-state index in [4.69, 9.17) is 9.15 Å². The summed E-state index contributed by atoms with van der Waals surface area (Å²) in [4.78, 5) is 44.2. The van der Waals surface area contributed by atoms with E-state index < -0.39 is 17.9 Å². The van der Waals surface area contributed by atoms with Crippen LogP contribution in [0.5, 0.6) is 0 Å². The highest BCUT2D eigenvalue weighted by atomic mass is 16.5. The molecule has 2 aliphatic heterocycles. The Morgan fingerprint density at radius 2 is 1.61 bits per heavy atom. The second kappa shape index (κ2) is 11.7. The fraction of sp³-hybridized carbons (Fsp3) is 0.364. The van der Waals surface area contributed by atoms with Crippen LogP contribution in [0.3, 0.4) is 0 Å². The molecule has 2 aromatic carbocycles. The summed E-state index contributed by atoms with van der Waals surface area (Å²) in [6.45, 7) is 8.65. The number of fused-ring (bicyclic) bond motifs is 1. The van der Waals surface area contributed by atoms with Gasteiger partial charge in [-0.1, -0.05) is 48.9 Å². The molecule has 3 aromatic rings. The highest BCUT2D eigenvalue weighted by Gasteiger charge is 2.41. The summed E-state index contributed by atoms with van der Waals surface area (Å²) >= 11 is 0. The van der Waals surface area contributed by atoms with Gasteiger partial charge in [-0.15, -0.1) is 0 Å². The van der Waals surface area contributed by atoms with Crippen LogP contribution in [0.25, 0.3) is 22.3 Å². The van der Waals surface area contributed by atoms with E-state index in [0.29, 0.717) is 40.2 Å². The summed E-state index contributed by atoms with van der Waals surface area (Å²) in [5.74, 6) is -2.34. The molecular weight excluding hydrogens is 520 g/mol. The fourth-order valence-electron chi connectivity index (χ4n) is 6.25. The van der Waals surface area contributed by atoms with Crippen LogP contribution in [0.15, 0.2) is 80.3 Å². The number of piperidine rings is 1. The molecule has 8 heteroatoms. The Bertz CT molecular complexity index is 1610. The smallest absolute Gasteiger partial charge is 0.336 e. The van der Waals surface area contributed by atoms with Gasteiger partial charge in [-0.3, -0.25) is 4.79 Å². The molecule has 41 heavy (non-hydrogen) atoms. The fourth-order valence-corrected chi connectivity index (χ4v) is 6.25. The van der Waals surface area contributed by atoms with Gasteiger partial charge >= 0.3 is 11.9 Å². The van der Waals surface area contributed by atoms with Crippen molar-refractivity contribution in [3.05, 3.63) is 92.4 Å². The van der Waals surface area contributed by atoms with Crippen molar-refractivity contribution in [1.82, 2.24) is 9.80 Å². The summed E-state index contributed by atoms with van der Waals surface area (Å²) in [6.07, 6.45) is 3.52. The van der Waals surface area contributed by atoms with Crippen molar-refractivity contribution in [1.29, 1.82) is 0 Å². The molecule has 5 rings (SSSR count). The monoisotopic (exact) mass is 556 g/mol. The maximum Gasteiger partial charge on any atom is 0.336 e. The highest BCUT2D eigenvalue weighted by Crippen LogP contribution is 2.44. The molecular formula is C33H36N2O6. The number of para-hydroxylation sites is 1. The van der Waals surface area contributed by atoms with E-state index in [2.05, 4.69) is 4.90 Å². The molecule has 0 saturated carbocycles. The average molecular weight is 557 g/mol. The molecule has 0 radical (unpaired) electrons. The topological polar surface area (TPSA) is 100 Å². The average Bonchev–Trinajstić information content (AvgIpc) is 2.98. The number of esters is 1. The number of hydrogen-bond donors (Lipinski definition) is 1. The van der Waals surface area contributed by atoms with Crippen LogP contribution in [0.4, 0.5) is 0 Å². The molecule has 1 unspecified atom stereocenters. The van der Waals surface area contributed by atoms with Crippen LogP contribution in [-0.2, 0) is 14.3 Å². The normalized spacial score (nSPS) is 18.2. The van der Waals surface area contributed by atoms with Crippen LogP contribution in [-0.4, -0.2) is 60.1 Å². The third kappa shape index (κ3) is 5.20. The second-order valence-electron chi connectivity index (χ2n) is 10.8. The molecule has 1 saturated heterocycles. The van der Waals surface area contributed by atoms with E-state index in [1.807, 2.05) is 42.2 Å². The predicted molar refractivity (Wildman–Crippen MR) is 157 cm³/mol. The van der Waals surface area contributed by atoms with E-state index in [1.165, 1.54) is 13.5 Å². The Kier molecular flexibility index (Phi) is 8.13. The molecule has 3 heterocycles. The molecule has 0 bridgehead atoms. The third-order valence-electron chi connectivity index (χ3n) is 8.41. The van der Waals surface area contributed by atoms with Gasteiger partial charge in [-0.25, -0.2) is 9.59 Å². The molecule has 1 atom stereocenters. The van der Waals surface area contributed by atoms with Gasteiger partial charge in [0.25, 0.3) is 0 Å². The van der Waals surface area contributed by atoms with E-state index in [1.54, 1.807) is 32.0 Å². The van der Waals surface area contributed by atoms with Crippen LogP contribution < -0.4 is 5.43 Å². The molecule has 214 valence electrons. The number of allylic oxidation sites excluding steroid dienone is 2. The Morgan fingerprint density at radius 1 is 0.927 bits per heavy atom. The van der Waals surface area contributed by atoms with Gasteiger partial charge in [0, 0.05) is 41.2 Å². The molecule has 8 nitrogen and oxygen atoms in total. The maximum atomic E-state index is 13.6. The number of aliphatic carboxylic acids is 1. The van der Waals surface area contributed by atoms with Gasteiger partial charge in [-0.2, -0.15) is 0 Å². The number of carboxylic acids is 1. The minimum Gasteiger partial charge on any atom is -0.478 e. The number of carboxylic acid groups (broad SMARTS) is 1. The molecule has 1 N–H and O–H groups in total. The van der Waals surface area contributed by atoms with Crippen molar-refractivity contribution in [2.75, 3.05) is 33.3 Å². The summed E-state index contributed by atoms with van der Waals surface area (Å²) in [5.41, 5.74) is 3.16. The molecule has 1 fully saturated rings. The zero-order valence-electron chi connectivity index (χ0n) is 24.0. The van der Waals surface area contributed by atoms with Gasteiger partial charge in [0.1, 0.15) is 11.3 Å². The first kappa shape index (κ1) is 28.4. The number of likely N-dealkylation sites (tertiary alicyclic amines) is 1. The summed E-state index contributed by atoms with van der Waals surface area (Å²) < 4.78 is 11.7. The number of nitrogens with zero attached hydrogens (tertiary/aromatic N) is 2. The minimum atomic E-state index is -1.14. The molecule has 2 aliphatic rings. The van der Waals surface area contributed by atoms with Gasteiger partial charge in [0.2, 0.25) is 0 Å². The van der Waals surface area contributed by atoms with Crippen molar-refractivity contribution >= 4 is 22.9 Å². The number of methoxy groups -OCH3 is 1. The zero-order chi connectivity index (χ0) is 29.3. The number of hydrogen-bond acceptors (Lipinski definition) is 7. The molecule has 0 amide bonds. The van der Waals surface area contributed by atoms with E-state index >= 15 is 0 Å². The van der Waals surface area contributed by atoms with Crippen LogP contribution in [0.2, 0.25) is 0 Å². The predicted octanol–water partition coefficient (Wildman–Crippen LogP) is 5.46. The standard InChI is InChI=1S/C33H36N2O6/c1-20-29(36)25-15-11-14-24(31(25)41-30(20)23-12-7-5-8-13-23)28-26(32(37)38)21(2)35(22(3)27(28)33(39)40-4)19-18-34-16-9-6-10-17-34/h5,7-8,11-15,28H,6,9-10,16-19H2,1-4H3,(H,37,38). The van der Waals surface area contributed by atoms with Crippen molar-refractivity contribution < 1.29 is 23.8 Å². The Balaban J connectivity index is 1.71. The Hall–Kier alpha value is -4.17. The quantitative estimate of drug-likeness (QED) is 0.383.